The second kappa shape index (κ2) is 9.82. The van der Waals surface area contributed by atoms with Gasteiger partial charge in [-0.3, -0.25) is 4.99 Å². The highest BCUT2D eigenvalue weighted by Crippen LogP contribution is 2.27. The van der Waals surface area contributed by atoms with Gasteiger partial charge in [0.2, 0.25) is 0 Å². The van der Waals surface area contributed by atoms with Gasteiger partial charge in [-0.2, -0.15) is 0 Å². The monoisotopic (exact) mass is 485 g/mol. The molecule has 1 aliphatic rings. The summed E-state index contributed by atoms with van der Waals surface area (Å²) in [6.07, 6.45) is 6.82. The van der Waals surface area contributed by atoms with Gasteiger partial charge in [0.1, 0.15) is 11.5 Å². The largest absolute Gasteiger partial charge is 0.508 e. The number of aromatic nitrogens is 2. The third-order valence-electron chi connectivity index (χ3n) is 5.06. The summed E-state index contributed by atoms with van der Waals surface area (Å²) in [6, 6.07) is 5.60. The molecule has 0 amide bonds. The zero-order chi connectivity index (χ0) is 18.5. The first-order valence-corrected chi connectivity index (χ1v) is 8.91. The van der Waals surface area contributed by atoms with Crippen LogP contribution in [0.1, 0.15) is 24.9 Å². The van der Waals surface area contributed by atoms with Gasteiger partial charge in [-0.05, 0) is 30.5 Å². The van der Waals surface area contributed by atoms with Gasteiger partial charge in [0.15, 0.2) is 5.96 Å². The van der Waals surface area contributed by atoms with E-state index in [1.807, 2.05) is 24.8 Å². The van der Waals surface area contributed by atoms with Crippen molar-refractivity contribution in [2.45, 2.75) is 25.9 Å². The molecule has 2 unspecified atom stereocenters. The molecule has 2 heterocycles. The van der Waals surface area contributed by atoms with E-state index in [-0.39, 0.29) is 29.7 Å². The molecule has 0 aliphatic carbocycles. The summed E-state index contributed by atoms with van der Waals surface area (Å²) in [5.41, 5.74) is 0.780. The second-order valence-electron chi connectivity index (χ2n) is 6.68. The lowest BCUT2D eigenvalue weighted by Gasteiger charge is -2.39. The fourth-order valence-electron chi connectivity index (χ4n) is 3.43. The van der Waals surface area contributed by atoms with E-state index < -0.39 is 0 Å². The molecule has 0 saturated carbocycles. The number of ether oxygens (including phenoxy) is 1. The highest BCUT2D eigenvalue weighted by molar-refractivity contribution is 14.0. The Morgan fingerprint density at radius 1 is 1.44 bits per heavy atom. The predicted octanol–water partition coefficient (Wildman–Crippen LogP) is 2.87. The number of hydrogen-bond acceptors (Lipinski definition) is 4. The highest BCUT2D eigenvalue weighted by atomic mass is 127. The fraction of sp³-hybridized carbons (Fsp3) is 0.474. The molecule has 7 nitrogen and oxygen atoms in total. The summed E-state index contributed by atoms with van der Waals surface area (Å²) < 4.78 is 7.42. The zero-order valence-corrected chi connectivity index (χ0v) is 18.3. The van der Waals surface area contributed by atoms with Crippen molar-refractivity contribution in [2.24, 2.45) is 10.9 Å². The number of imidazole rings is 1. The smallest absolute Gasteiger partial charge is 0.193 e. The molecule has 0 bridgehead atoms. The van der Waals surface area contributed by atoms with Crippen LogP contribution in [-0.4, -0.2) is 52.8 Å². The van der Waals surface area contributed by atoms with Gasteiger partial charge in [0.05, 0.1) is 19.5 Å². The topological polar surface area (TPSA) is 74.9 Å². The van der Waals surface area contributed by atoms with Gasteiger partial charge in [-0.25, -0.2) is 4.98 Å². The van der Waals surface area contributed by atoms with E-state index in [0.29, 0.717) is 18.5 Å². The second-order valence-corrected chi connectivity index (χ2v) is 6.68. The summed E-state index contributed by atoms with van der Waals surface area (Å²) in [4.78, 5) is 10.9. The normalized spacial score (nSPS) is 20.1. The van der Waals surface area contributed by atoms with Crippen LogP contribution in [0.2, 0.25) is 0 Å². The zero-order valence-electron chi connectivity index (χ0n) is 16.0. The van der Waals surface area contributed by atoms with Gasteiger partial charge in [-0.1, -0.05) is 6.92 Å². The average Bonchev–Trinajstić information content (AvgIpc) is 3.19. The number of nitrogens with one attached hydrogen (secondary N) is 1. The van der Waals surface area contributed by atoms with Crippen molar-refractivity contribution in [1.29, 1.82) is 0 Å². The van der Waals surface area contributed by atoms with E-state index in [0.717, 1.165) is 36.8 Å². The molecular weight excluding hydrogens is 457 g/mol. The first-order chi connectivity index (χ1) is 12.6. The Bertz CT molecular complexity index is 751. The number of likely N-dealkylation sites (tertiary alicyclic amines) is 1. The van der Waals surface area contributed by atoms with Crippen LogP contribution in [0.5, 0.6) is 11.5 Å². The van der Waals surface area contributed by atoms with Crippen molar-refractivity contribution >= 4 is 29.9 Å². The number of phenols is 1. The lowest BCUT2D eigenvalue weighted by Crippen LogP contribution is -2.48. The Hall–Kier alpha value is -1.97. The molecule has 1 aliphatic heterocycles. The molecule has 8 heteroatoms. The number of rotatable bonds is 4. The van der Waals surface area contributed by atoms with Gasteiger partial charge >= 0.3 is 0 Å². The van der Waals surface area contributed by atoms with Gasteiger partial charge < -0.3 is 24.6 Å². The third-order valence-corrected chi connectivity index (χ3v) is 5.06. The summed E-state index contributed by atoms with van der Waals surface area (Å²) in [5, 5.41) is 13.4. The van der Waals surface area contributed by atoms with Gasteiger partial charge in [-0.15, -0.1) is 24.0 Å². The first-order valence-electron chi connectivity index (χ1n) is 8.91. The quantitative estimate of drug-likeness (QED) is 0.396. The number of methoxy groups -OCH3 is 1. The summed E-state index contributed by atoms with van der Waals surface area (Å²) in [5.74, 6) is 2.39. The minimum Gasteiger partial charge on any atom is -0.508 e. The summed E-state index contributed by atoms with van der Waals surface area (Å²) >= 11 is 0. The van der Waals surface area contributed by atoms with E-state index in [2.05, 4.69) is 31.7 Å². The average molecular weight is 485 g/mol. The van der Waals surface area contributed by atoms with Crippen LogP contribution in [0.25, 0.3) is 0 Å². The molecule has 1 aromatic carbocycles. The number of nitrogens with zero attached hydrogens (tertiary/aromatic N) is 4. The predicted molar refractivity (Wildman–Crippen MR) is 117 cm³/mol. The van der Waals surface area contributed by atoms with Crippen molar-refractivity contribution in [3.63, 3.8) is 0 Å². The minimum absolute atomic E-state index is 0. The molecule has 1 fully saturated rings. The first kappa shape index (κ1) is 21.3. The molecular formula is C19H28IN5O2. The van der Waals surface area contributed by atoms with Crippen LogP contribution >= 0.6 is 24.0 Å². The molecule has 0 spiro atoms. The number of benzene rings is 1. The Labute approximate surface area is 177 Å². The number of halogens is 1. The number of aromatic hydroxyl groups is 1. The van der Waals surface area contributed by atoms with Gasteiger partial charge in [0.25, 0.3) is 0 Å². The van der Waals surface area contributed by atoms with Crippen LogP contribution in [0.4, 0.5) is 0 Å². The Morgan fingerprint density at radius 3 is 2.93 bits per heavy atom. The lowest BCUT2D eigenvalue weighted by atomic mass is 9.93. The number of guanidine groups is 1. The molecule has 0 radical (unpaired) electrons. The summed E-state index contributed by atoms with van der Waals surface area (Å²) in [6.45, 7) is 4.60. The molecule has 2 aromatic rings. The van der Waals surface area contributed by atoms with Crippen molar-refractivity contribution < 1.29 is 9.84 Å². The van der Waals surface area contributed by atoms with Crippen LogP contribution in [0.15, 0.2) is 41.9 Å². The third kappa shape index (κ3) is 5.06. The maximum atomic E-state index is 10.1. The Morgan fingerprint density at radius 2 is 2.26 bits per heavy atom. The number of hydrogen-bond donors (Lipinski definition) is 2. The fourth-order valence-corrected chi connectivity index (χ4v) is 3.43. The van der Waals surface area contributed by atoms with E-state index in [9.17, 15) is 5.11 Å². The molecule has 27 heavy (non-hydrogen) atoms. The SMILES string of the molecule is CN=C(NCc1cc(OC)ccc1O)N1CCC(C)C(n2ccnc2)C1.I. The molecule has 3 rings (SSSR count). The van der Waals surface area contributed by atoms with E-state index in [4.69, 9.17) is 4.74 Å². The molecule has 1 aromatic heterocycles. The van der Waals surface area contributed by atoms with E-state index >= 15 is 0 Å². The minimum atomic E-state index is 0. The molecule has 1 saturated heterocycles. The van der Waals surface area contributed by atoms with Crippen LogP contribution in [0, 0.1) is 5.92 Å². The standard InChI is InChI=1S/C19H27N5O2.HI/c1-14-6-8-23(12-17(14)24-9-7-21-13-24)19(20-2)22-11-15-10-16(26-3)4-5-18(15)25;/h4-5,7,9-10,13-14,17,25H,6,8,11-12H2,1-3H3,(H,20,22);1H. The van der Waals surface area contributed by atoms with E-state index in [1.54, 1.807) is 26.3 Å². The number of piperidine rings is 1. The maximum Gasteiger partial charge on any atom is 0.193 e. The van der Waals surface area contributed by atoms with Crippen molar-refractivity contribution in [3.05, 3.63) is 42.5 Å². The Balaban J connectivity index is 0.00000261. The number of aliphatic imine (C=N–C) groups is 1. The van der Waals surface area contributed by atoms with Crippen molar-refractivity contribution in [1.82, 2.24) is 19.8 Å². The molecule has 148 valence electrons. The van der Waals surface area contributed by atoms with E-state index in [1.165, 1.54) is 0 Å². The molecule has 2 N–H and O–H groups in total. The van der Waals surface area contributed by atoms with Crippen molar-refractivity contribution in [3.8, 4) is 11.5 Å². The lowest BCUT2D eigenvalue weighted by molar-refractivity contribution is 0.189. The molecule has 2 atom stereocenters. The van der Waals surface area contributed by atoms with Crippen LogP contribution < -0.4 is 10.1 Å². The van der Waals surface area contributed by atoms with Crippen LogP contribution in [-0.2, 0) is 6.54 Å². The van der Waals surface area contributed by atoms with Crippen molar-refractivity contribution in [2.75, 3.05) is 27.2 Å². The van der Waals surface area contributed by atoms with Crippen LogP contribution in [0.3, 0.4) is 0 Å². The highest BCUT2D eigenvalue weighted by Gasteiger charge is 2.28. The van der Waals surface area contributed by atoms with Gasteiger partial charge in [0, 0.05) is 44.6 Å². The number of phenolic OH excluding ortho intramolecular Hbond substituents is 1. The Kier molecular flexibility index (Phi) is 7.76. The maximum absolute atomic E-state index is 10.1. The summed E-state index contributed by atoms with van der Waals surface area (Å²) in [7, 11) is 3.41.